The third-order valence-electron chi connectivity index (χ3n) is 4.12. The summed E-state index contributed by atoms with van der Waals surface area (Å²) in [4.78, 5) is 24.9. The van der Waals surface area contributed by atoms with Gasteiger partial charge in [-0.2, -0.15) is 0 Å². The van der Waals surface area contributed by atoms with Gasteiger partial charge in [0.15, 0.2) is 5.43 Å². The fraction of sp³-hybridized carbons (Fsp3) is 0.300. The highest BCUT2D eigenvalue weighted by Crippen LogP contribution is 2.19. The number of ether oxygens (including phenoxy) is 1. The van der Waals surface area contributed by atoms with Gasteiger partial charge in [0.2, 0.25) is 0 Å². The van der Waals surface area contributed by atoms with Gasteiger partial charge in [-0.15, -0.1) is 0 Å². The van der Waals surface area contributed by atoms with Crippen LogP contribution in [0.25, 0.3) is 21.8 Å². The third kappa shape index (κ3) is 3.18. The summed E-state index contributed by atoms with van der Waals surface area (Å²) in [7, 11) is 0. The number of esters is 1. The Morgan fingerprint density at radius 1 is 1.00 bits per heavy atom. The topological polar surface area (TPSA) is 48.3 Å². The summed E-state index contributed by atoms with van der Waals surface area (Å²) in [5.41, 5.74) is 1.50. The second-order valence-corrected chi connectivity index (χ2v) is 6.35. The summed E-state index contributed by atoms with van der Waals surface area (Å²) in [6.45, 7) is 4.71. The standard InChI is InChI=1S/C20H21NO3/c1-14(2)11-12-24-19(22)13-21-17-9-5-3-7-15(17)20(23)16-8-4-6-10-18(16)21/h3-10,14H,11-13H2,1-2H3. The average molecular weight is 323 g/mol. The number of para-hydroxylation sites is 2. The van der Waals surface area contributed by atoms with E-state index < -0.39 is 0 Å². The van der Waals surface area contributed by atoms with Gasteiger partial charge in [0.05, 0.1) is 17.6 Å². The van der Waals surface area contributed by atoms with Gasteiger partial charge in [-0.05, 0) is 36.6 Å². The molecule has 0 radical (unpaired) electrons. The summed E-state index contributed by atoms with van der Waals surface area (Å²) in [5, 5.41) is 1.23. The maximum absolute atomic E-state index is 12.6. The van der Waals surface area contributed by atoms with E-state index in [9.17, 15) is 9.59 Å². The van der Waals surface area contributed by atoms with Crippen molar-refractivity contribution in [3.8, 4) is 0 Å². The van der Waals surface area contributed by atoms with Crippen molar-refractivity contribution in [1.82, 2.24) is 4.57 Å². The van der Waals surface area contributed by atoms with Gasteiger partial charge < -0.3 is 9.30 Å². The number of carbonyl (C=O) groups is 1. The normalized spacial score (nSPS) is 11.3. The summed E-state index contributed by atoms with van der Waals surface area (Å²) in [6, 6.07) is 14.7. The Bertz CT molecular complexity index is 880. The molecule has 1 heterocycles. The highest BCUT2D eigenvalue weighted by atomic mass is 16.5. The molecule has 0 fully saturated rings. The largest absolute Gasteiger partial charge is 0.464 e. The number of aromatic nitrogens is 1. The lowest BCUT2D eigenvalue weighted by molar-refractivity contribution is -0.144. The summed E-state index contributed by atoms with van der Waals surface area (Å²) in [5.74, 6) is 0.210. The number of carbonyl (C=O) groups excluding carboxylic acids is 1. The predicted molar refractivity (Wildman–Crippen MR) is 96.1 cm³/mol. The van der Waals surface area contributed by atoms with Crippen molar-refractivity contribution in [3.05, 3.63) is 58.8 Å². The van der Waals surface area contributed by atoms with Crippen LogP contribution in [0.2, 0.25) is 0 Å². The van der Waals surface area contributed by atoms with Crippen molar-refractivity contribution in [3.63, 3.8) is 0 Å². The molecule has 4 heteroatoms. The molecular weight excluding hydrogens is 302 g/mol. The van der Waals surface area contributed by atoms with Gasteiger partial charge in [0.25, 0.3) is 0 Å². The molecular formula is C20H21NO3. The van der Waals surface area contributed by atoms with Crippen LogP contribution in [0, 0.1) is 5.92 Å². The molecule has 0 saturated heterocycles. The van der Waals surface area contributed by atoms with Gasteiger partial charge in [-0.25, -0.2) is 0 Å². The molecule has 2 aromatic carbocycles. The van der Waals surface area contributed by atoms with Crippen LogP contribution in [0.3, 0.4) is 0 Å². The van der Waals surface area contributed by atoms with Gasteiger partial charge >= 0.3 is 5.97 Å². The zero-order valence-electron chi connectivity index (χ0n) is 14.0. The second-order valence-electron chi connectivity index (χ2n) is 6.35. The first-order chi connectivity index (χ1) is 11.6. The molecule has 0 saturated carbocycles. The van der Waals surface area contributed by atoms with E-state index in [0.717, 1.165) is 17.5 Å². The smallest absolute Gasteiger partial charge is 0.325 e. The molecule has 0 atom stereocenters. The minimum absolute atomic E-state index is 0.00868. The van der Waals surface area contributed by atoms with E-state index in [-0.39, 0.29) is 17.9 Å². The molecule has 0 bridgehead atoms. The van der Waals surface area contributed by atoms with Gasteiger partial charge in [-0.1, -0.05) is 38.1 Å². The van der Waals surface area contributed by atoms with Gasteiger partial charge in [-0.3, -0.25) is 9.59 Å². The Morgan fingerprint density at radius 3 is 2.08 bits per heavy atom. The average Bonchev–Trinajstić information content (AvgIpc) is 2.58. The summed E-state index contributed by atoms with van der Waals surface area (Å²) in [6.07, 6.45) is 0.845. The van der Waals surface area contributed by atoms with Crippen molar-refractivity contribution in [2.75, 3.05) is 6.61 Å². The molecule has 124 valence electrons. The van der Waals surface area contributed by atoms with E-state index in [2.05, 4.69) is 13.8 Å². The summed E-state index contributed by atoms with van der Waals surface area (Å²) >= 11 is 0. The van der Waals surface area contributed by atoms with E-state index in [0.29, 0.717) is 23.3 Å². The predicted octanol–water partition coefficient (Wildman–Crippen LogP) is 3.74. The van der Waals surface area contributed by atoms with Crippen LogP contribution in [0.15, 0.2) is 53.3 Å². The Hall–Kier alpha value is -2.62. The first-order valence-electron chi connectivity index (χ1n) is 8.24. The lowest BCUT2D eigenvalue weighted by atomic mass is 10.1. The number of rotatable bonds is 5. The molecule has 3 rings (SSSR count). The number of fused-ring (bicyclic) bond motifs is 2. The van der Waals surface area contributed by atoms with E-state index in [1.807, 2.05) is 41.0 Å². The molecule has 0 aliphatic carbocycles. The lowest BCUT2D eigenvalue weighted by Crippen LogP contribution is -2.18. The summed E-state index contributed by atoms with van der Waals surface area (Å²) < 4.78 is 7.21. The first kappa shape index (κ1) is 16.2. The second kappa shape index (κ2) is 6.87. The highest BCUT2D eigenvalue weighted by molar-refractivity contribution is 5.94. The maximum atomic E-state index is 12.6. The van der Waals surface area contributed by atoms with Crippen LogP contribution in [0.5, 0.6) is 0 Å². The molecule has 0 aliphatic heterocycles. The van der Waals surface area contributed by atoms with Crippen LogP contribution in [-0.4, -0.2) is 17.1 Å². The number of hydrogen-bond donors (Lipinski definition) is 0. The fourth-order valence-corrected chi connectivity index (χ4v) is 2.83. The zero-order valence-corrected chi connectivity index (χ0v) is 14.0. The van der Waals surface area contributed by atoms with E-state index in [1.54, 1.807) is 12.1 Å². The van der Waals surface area contributed by atoms with Crippen molar-refractivity contribution in [1.29, 1.82) is 0 Å². The van der Waals surface area contributed by atoms with Crippen LogP contribution < -0.4 is 5.43 Å². The monoisotopic (exact) mass is 323 g/mol. The first-order valence-corrected chi connectivity index (χ1v) is 8.24. The number of pyridine rings is 1. The molecule has 0 amide bonds. The Kier molecular flexibility index (Phi) is 4.65. The van der Waals surface area contributed by atoms with Crippen LogP contribution in [-0.2, 0) is 16.1 Å². The van der Waals surface area contributed by atoms with Gasteiger partial charge in [0.1, 0.15) is 6.54 Å². The van der Waals surface area contributed by atoms with Crippen molar-refractivity contribution in [2.45, 2.75) is 26.8 Å². The van der Waals surface area contributed by atoms with Crippen molar-refractivity contribution >= 4 is 27.8 Å². The minimum Gasteiger partial charge on any atom is -0.464 e. The van der Waals surface area contributed by atoms with E-state index in [4.69, 9.17) is 4.74 Å². The fourth-order valence-electron chi connectivity index (χ4n) is 2.83. The van der Waals surface area contributed by atoms with Crippen molar-refractivity contribution < 1.29 is 9.53 Å². The molecule has 24 heavy (non-hydrogen) atoms. The molecule has 0 spiro atoms. The quantitative estimate of drug-likeness (QED) is 0.531. The molecule has 1 aromatic heterocycles. The SMILES string of the molecule is CC(C)CCOC(=O)Cn1c2ccccc2c(=O)c2ccccc21. The Morgan fingerprint density at radius 2 is 1.54 bits per heavy atom. The minimum atomic E-state index is -0.283. The molecule has 0 unspecified atom stereocenters. The number of hydrogen-bond acceptors (Lipinski definition) is 3. The highest BCUT2D eigenvalue weighted by Gasteiger charge is 2.13. The molecule has 0 aliphatic rings. The molecule has 3 aromatic rings. The van der Waals surface area contributed by atoms with Crippen molar-refractivity contribution in [2.24, 2.45) is 5.92 Å². The molecule has 0 N–H and O–H groups in total. The number of nitrogens with zero attached hydrogens (tertiary/aromatic N) is 1. The van der Waals surface area contributed by atoms with Gasteiger partial charge in [0, 0.05) is 10.8 Å². The third-order valence-corrected chi connectivity index (χ3v) is 4.12. The van der Waals surface area contributed by atoms with E-state index >= 15 is 0 Å². The lowest BCUT2D eigenvalue weighted by Gasteiger charge is -2.15. The Balaban J connectivity index is 2.03. The van der Waals surface area contributed by atoms with Crippen LogP contribution >= 0.6 is 0 Å². The molecule has 4 nitrogen and oxygen atoms in total. The zero-order chi connectivity index (χ0) is 17.1. The maximum Gasteiger partial charge on any atom is 0.325 e. The Labute approximate surface area is 140 Å². The van der Waals surface area contributed by atoms with Crippen LogP contribution in [0.1, 0.15) is 20.3 Å². The van der Waals surface area contributed by atoms with E-state index in [1.165, 1.54) is 0 Å². The number of benzene rings is 2. The van der Waals surface area contributed by atoms with Crippen LogP contribution in [0.4, 0.5) is 0 Å².